The molecule has 1 rings (SSSR count). The molecule has 25 heavy (non-hydrogen) atoms. The van der Waals surface area contributed by atoms with Crippen LogP contribution in [0.5, 0.6) is 5.75 Å². The van der Waals surface area contributed by atoms with Crippen LogP contribution < -0.4 is 0 Å². The number of hydrogen-bond donors (Lipinski definition) is 1. The predicted octanol–water partition coefficient (Wildman–Crippen LogP) is 5.56. The summed E-state index contributed by atoms with van der Waals surface area (Å²) in [4.78, 5) is 11.7. The summed E-state index contributed by atoms with van der Waals surface area (Å²) in [7, 11) is 0. The molecule has 0 radical (unpaired) electrons. The predicted molar refractivity (Wildman–Crippen MR) is 108 cm³/mol. The Hall–Kier alpha value is -1.16. The van der Waals surface area contributed by atoms with Crippen molar-refractivity contribution in [3.63, 3.8) is 0 Å². The van der Waals surface area contributed by atoms with Gasteiger partial charge in [-0.2, -0.15) is 0 Å². The minimum Gasteiger partial charge on any atom is -0.507 e. The Labute approximate surface area is 157 Å². The molecule has 3 nitrogen and oxygen atoms in total. The van der Waals surface area contributed by atoms with Gasteiger partial charge in [-0.05, 0) is 33.9 Å². The highest BCUT2D eigenvalue weighted by Crippen LogP contribution is 2.40. The van der Waals surface area contributed by atoms with Crippen LogP contribution in [-0.4, -0.2) is 23.4 Å². The van der Waals surface area contributed by atoms with E-state index in [9.17, 15) is 9.90 Å². The Morgan fingerprint density at radius 2 is 1.60 bits per heavy atom. The molecule has 0 unspecified atom stereocenters. The lowest BCUT2D eigenvalue weighted by Gasteiger charge is -2.28. The number of phenolic OH excluding ortho intramolecular Hbond substituents is 1. The third kappa shape index (κ3) is 6.93. The molecule has 0 amide bonds. The van der Waals surface area contributed by atoms with Crippen molar-refractivity contribution in [1.82, 2.24) is 0 Å². The summed E-state index contributed by atoms with van der Waals surface area (Å²) in [6, 6.07) is 4.14. The molecule has 1 aromatic rings. The van der Waals surface area contributed by atoms with Gasteiger partial charge in [0.05, 0.1) is 12.4 Å². The second kappa shape index (κ2) is 8.98. The second-order valence-corrected chi connectivity index (χ2v) is 9.59. The summed E-state index contributed by atoms with van der Waals surface area (Å²) < 4.78 is 5.20. The van der Waals surface area contributed by atoms with Crippen molar-refractivity contribution in [1.29, 1.82) is 0 Å². The number of benzene rings is 1. The molecule has 0 aliphatic heterocycles. The van der Waals surface area contributed by atoms with Gasteiger partial charge in [-0.3, -0.25) is 4.79 Å². The summed E-state index contributed by atoms with van der Waals surface area (Å²) in [6.07, 6.45) is 1.94. The Morgan fingerprint density at radius 1 is 1.08 bits per heavy atom. The maximum atomic E-state index is 11.7. The number of thioether (sulfide) groups is 1. The first-order valence-electron chi connectivity index (χ1n) is 9.07. The molecule has 4 heteroatoms. The summed E-state index contributed by atoms with van der Waals surface area (Å²) in [6.45, 7) is 15.2. The number of phenols is 1. The lowest BCUT2D eigenvalue weighted by Crippen LogP contribution is -2.18. The fraction of sp³-hybridized carbons (Fsp3) is 0.667. The first-order valence-corrected chi connectivity index (χ1v) is 10.2. The van der Waals surface area contributed by atoms with Crippen molar-refractivity contribution in [2.24, 2.45) is 0 Å². The number of carbonyl (C=O) groups excluding carboxylic acids is 1. The summed E-state index contributed by atoms with van der Waals surface area (Å²) in [5.74, 6) is 1.34. The number of hydrogen-bond acceptors (Lipinski definition) is 4. The largest absolute Gasteiger partial charge is 0.507 e. The van der Waals surface area contributed by atoms with E-state index in [1.165, 1.54) is 0 Å². The van der Waals surface area contributed by atoms with Gasteiger partial charge in [0.15, 0.2) is 0 Å². The molecule has 0 heterocycles. The van der Waals surface area contributed by atoms with Crippen LogP contribution in [0, 0.1) is 0 Å². The maximum Gasteiger partial charge on any atom is 0.315 e. The van der Waals surface area contributed by atoms with Gasteiger partial charge in [0.1, 0.15) is 5.75 Å². The highest BCUT2D eigenvalue weighted by Gasteiger charge is 2.26. The fourth-order valence-electron chi connectivity index (χ4n) is 2.55. The minimum atomic E-state index is -0.149. The summed E-state index contributed by atoms with van der Waals surface area (Å²) in [5, 5.41) is 10.7. The molecule has 0 aliphatic rings. The van der Waals surface area contributed by atoms with E-state index in [2.05, 4.69) is 60.6 Å². The Morgan fingerprint density at radius 3 is 2.04 bits per heavy atom. The van der Waals surface area contributed by atoms with Gasteiger partial charge < -0.3 is 9.84 Å². The van der Waals surface area contributed by atoms with Crippen LogP contribution in [0.15, 0.2) is 12.1 Å². The van der Waals surface area contributed by atoms with Gasteiger partial charge in [-0.25, -0.2) is 0 Å². The van der Waals surface area contributed by atoms with E-state index in [0.717, 1.165) is 35.3 Å². The van der Waals surface area contributed by atoms with E-state index < -0.39 is 0 Å². The second-order valence-electron chi connectivity index (χ2n) is 8.61. The van der Waals surface area contributed by atoms with Gasteiger partial charge in [0.2, 0.25) is 0 Å². The standard InChI is InChI=1S/C21H34O3S/c1-8-9-10-24-18(22)14-25-13-15-11-16(20(2,3)4)19(23)17(12-15)21(5,6)7/h11-12,23H,8-10,13-14H2,1-7H3. The molecular formula is C21H34O3S. The van der Waals surface area contributed by atoms with Crippen LogP contribution in [-0.2, 0) is 26.1 Å². The van der Waals surface area contributed by atoms with Crippen LogP contribution in [0.4, 0.5) is 0 Å². The zero-order valence-electron chi connectivity index (χ0n) is 16.9. The van der Waals surface area contributed by atoms with Crippen molar-refractivity contribution in [3.05, 3.63) is 28.8 Å². The molecule has 0 saturated carbocycles. The molecular weight excluding hydrogens is 332 g/mol. The first kappa shape index (κ1) is 21.9. The Bertz CT molecular complexity index is 545. The van der Waals surface area contributed by atoms with Gasteiger partial charge >= 0.3 is 5.97 Å². The van der Waals surface area contributed by atoms with Gasteiger partial charge in [-0.1, -0.05) is 67.0 Å². The van der Waals surface area contributed by atoms with Crippen LogP contribution in [0.2, 0.25) is 0 Å². The van der Waals surface area contributed by atoms with Gasteiger partial charge in [0.25, 0.3) is 0 Å². The highest BCUT2D eigenvalue weighted by molar-refractivity contribution is 7.99. The molecule has 1 N–H and O–H groups in total. The molecule has 0 aromatic heterocycles. The molecule has 0 fully saturated rings. The van der Waals surface area contributed by atoms with Crippen LogP contribution in [0.3, 0.4) is 0 Å². The number of ether oxygens (including phenoxy) is 1. The average Bonchev–Trinajstić information content (AvgIpc) is 2.46. The number of aromatic hydroxyl groups is 1. The maximum absolute atomic E-state index is 11.7. The highest BCUT2D eigenvalue weighted by atomic mass is 32.2. The molecule has 0 aliphatic carbocycles. The smallest absolute Gasteiger partial charge is 0.315 e. The lowest BCUT2D eigenvalue weighted by molar-refractivity contribution is -0.140. The van der Waals surface area contributed by atoms with E-state index in [-0.39, 0.29) is 16.8 Å². The number of unbranched alkanes of at least 4 members (excludes halogenated alkanes) is 1. The third-order valence-electron chi connectivity index (χ3n) is 4.04. The molecule has 1 aromatic carbocycles. The topological polar surface area (TPSA) is 46.5 Å². The van der Waals surface area contributed by atoms with Gasteiger partial charge in [0, 0.05) is 5.75 Å². The third-order valence-corrected chi connectivity index (χ3v) is 5.01. The van der Waals surface area contributed by atoms with Crippen LogP contribution in [0.1, 0.15) is 78.0 Å². The Balaban J connectivity index is 2.88. The average molecular weight is 367 g/mol. The monoisotopic (exact) mass is 366 g/mol. The zero-order valence-corrected chi connectivity index (χ0v) is 17.7. The summed E-state index contributed by atoms with van der Waals surface area (Å²) >= 11 is 1.56. The number of carbonyl (C=O) groups is 1. The molecule has 0 spiro atoms. The number of rotatable bonds is 7. The zero-order chi connectivity index (χ0) is 19.3. The van der Waals surface area contributed by atoms with Crippen LogP contribution in [0.25, 0.3) is 0 Å². The SMILES string of the molecule is CCCCOC(=O)CSCc1cc(C(C)(C)C)c(O)c(C(C)(C)C)c1. The van der Waals surface area contributed by atoms with Crippen molar-refractivity contribution >= 4 is 17.7 Å². The van der Waals surface area contributed by atoms with Crippen molar-refractivity contribution in [2.75, 3.05) is 12.4 Å². The molecule has 142 valence electrons. The van der Waals surface area contributed by atoms with E-state index in [0.29, 0.717) is 18.1 Å². The summed E-state index contributed by atoms with van der Waals surface area (Å²) in [5.41, 5.74) is 2.79. The van der Waals surface area contributed by atoms with E-state index in [1.807, 2.05) is 0 Å². The lowest BCUT2D eigenvalue weighted by atomic mass is 9.78. The van der Waals surface area contributed by atoms with Crippen molar-refractivity contribution in [2.45, 2.75) is 77.9 Å². The Kier molecular flexibility index (Phi) is 7.86. The van der Waals surface area contributed by atoms with E-state index >= 15 is 0 Å². The fourth-order valence-corrected chi connectivity index (χ4v) is 3.30. The van der Waals surface area contributed by atoms with E-state index in [1.54, 1.807) is 11.8 Å². The molecule has 0 bridgehead atoms. The van der Waals surface area contributed by atoms with Gasteiger partial charge in [-0.15, -0.1) is 11.8 Å². The van der Waals surface area contributed by atoms with E-state index in [4.69, 9.17) is 4.74 Å². The molecule has 0 saturated heterocycles. The van der Waals surface area contributed by atoms with Crippen LogP contribution >= 0.6 is 11.8 Å². The molecule has 0 atom stereocenters. The minimum absolute atomic E-state index is 0.135. The normalized spacial score (nSPS) is 12.3. The van der Waals surface area contributed by atoms with Crippen molar-refractivity contribution < 1.29 is 14.6 Å². The van der Waals surface area contributed by atoms with Crippen molar-refractivity contribution in [3.8, 4) is 5.75 Å². The first-order chi connectivity index (χ1) is 11.5. The number of esters is 1. The quantitative estimate of drug-likeness (QED) is 0.506.